The Bertz CT molecular complexity index is 903. The van der Waals surface area contributed by atoms with Gasteiger partial charge in [0.2, 0.25) is 5.91 Å². The highest BCUT2D eigenvalue weighted by atomic mass is 32.1. The van der Waals surface area contributed by atoms with Gasteiger partial charge in [-0.25, -0.2) is 9.97 Å². The lowest BCUT2D eigenvalue weighted by atomic mass is 9.96. The first-order chi connectivity index (χ1) is 12.9. The van der Waals surface area contributed by atoms with E-state index < -0.39 is 0 Å². The number of nitrogens with one attached hydrogen (secondary N) is 1. The Labute approximate surface area is 163 Å². The number of carbonyl (C=O) groups excluding carboxylic acids is 2. The normalized spacial score (nSPS) is 20.1. The van der Waals surface area contributed by atoms with Gasteiger partial charge >= 0.3 is 0 Å². The summed E-state index contributed by atoms with van der Waals surface area (Å²) < 4.78 is 0. The number of likely N-dealkylation sites (tertiary alicyclic amines) is 1. The van der Waals surface area contributed by atoms with Crippen molar-refractivity contribution in [2.45, 2.75) is 46.5 Å². The van der Waals surface area contributed by atoms with E-state index in [4.69, 9.17) is 0 Å². The number of thiophene rings is 1. The van der Waals surface area contributed by atoms with Gasteiger partial charge in [0.05, 0.1) is 10.8 Å². The van der Waals surface area contributed by atoms with E-state index >= 15 is 0 Å². The van der Waals surface area contributed by atoms with Gasteiger partial charge in [0.1, 0.15) is 10.7 Å². The molecule has 1 aliphatic heterocycles. The van der Waals surface area contributed by atoms with E-state index in [0.717, 1.165) is 51.6 Å². The highest BCUT2D eigenvalue weighted by Gasteiger charge is 2.31. The summed E-state index contributed by atoms with van der Waals surface area (Å²) in [6.45, 7) is 7.82. The van der Waals surface area contributed by atoms with Crippen LogP contribution in [0.1, 0.15) is 52.4 Å². The van der Waals surface area contributed by atoms with Crippen LogP contribution in [0.3, 0.4) is 0 Å². The molecule has 7 heteroatoms. The van der Waals surface area contributed by atoms with Crippen molar-refractivity contribution < 1.29 is 9.59 Å². The topological polar surface area (TPSA) is 75.2 Å². The molecule has 2 aromatic rings. The number of rotatable bonds is 4. The molecule has 3 heterocycles. The molecule has 0 bridgehead atoms. The smallest absolute Gasteiger partial charge is 0.264 e. The van der Waals surface area contributed by atoms with Gasteiger partial charge in [0.15, 0.2) is 0 Å². The molecule has 4 rings (SSSR count). The second-order valence-electron chi connectivity index (χ2n) is 7.87. The molecule has 2 fully saturated rings. The molecule has 27 heavy (non-hydrogen) atoms. The van der Waals surface area contributed by atoms with Crippen LogP contribution < -0.4 is 5.32 Å². The molecular formula is C20H26N4O2S. The molecule has 0 aromatic carbocycles. The number of fused-ring (bicyclic) bond motifs is 1. The molecule has 1 N–H and O–H groups in total. The fourth-order valence-corrected chi connectivity index (χ4v) is 5.15. The van der Waals surface area contributed by atoms with E-state index in [1.54, 1.807) is 0 Å². The molecule has 2 aromatic heterocycles. The number of hydrogen-bond donors (Lipinski definition) is 1. The standard InChI is InChI=1S/C20H26N4O2S/c1-11-16-12(2)22-13(3)23-19(16)27-17(11)20(26)24-8-4-5-15(10-24)18(25)21-9-14-6-7-14/h14-15H,4-10H2,1-3H3,(H,21,25). The van der Waals surface area contributed by atoms with Gasteiger partial charge in [-0.1, -0.05) is 0 Å². The zero-order valence-electron chi connectivity index (χ0n) is 16.2. The quantitative estimate of drug-likeness (QED) is 0.876. The van der Waals surface area contributed by atoms with Gasteiger partial charge < -0.3 is 10.2 Å². The van der Waals surface area contributed by atoms with Crippen molar-refractivity contribution in [3.05, 3.63) is 22.0 Å². The first-order valence-corrected chi connectivity index (χ1v) is 10.6. The fourth-order valence-electron chi connectivity index (χ4n) is 3.91. The lowest BCUT2D eigenvalue weighted by Crippen LogP contribution is -2.45. The molecule has 1 aliphatic carbocycles. The molecule has 1 saturated heterocycles. The van der Waals surface area contributed by atoms with Gasteiger partial charge in [0, 0.05) is 30.7 Å². The van der Waals surface area contributed by atoms with Gasteiger partial charge in [-0.15, -0.1) is 11.3 Å². The largest absolute Gasteiger partial charge is 0.356 e. The summed E-state index contributed by atoms with van der Waals surface area (Å²) >= 11 is 1.44. The van der Waals surface area contributed by atoms with Crippen molar-refractivity contribution in [1.82, 2.24) is 20.2 Å². The van der Waals surface area contributed by atoms with Gasteiger partial charge in [0.25, 0.3) is 5.91 Å². The summed E-state index contributed by atoms with van der Waals surface area (Å²) in [7, 11) is 0. The first kappa shape index (κ1) is 18.3. The minimum absolute atomic E-state index is 0.0206. The summed E-state index contributed by atoms with van der Waals surface area (Å²) in [5, 5.41) is 4.06. The summed E-state index contributed by atoms with van der Waals surface area (Å²) in [4.78, 5) is 38.0. The predicted molar refractivity (Wildman–Crippen MR) is 106 cm³/mol. The van der Waals surface area contributed by atoms with E-state index in [1.807, 2.05) is 25.7 Å². The highest BCUT2D eigenvalue weighted by Crippen LogP contribution is 2.33. The Hall–Kier alpha value is -2.02. The Kier molecular flexibility index (Phi) is 4.88. The molecule has 0 spiro atoms. The molecule has 2 aliphatic rings. The van der Waals surface area contributed by atoms with Crippen molar-refractivity contribution in [2.75, 3.05) is 19.6 Å². The van der Waals surface area contributed by atoms with E-state index in [1.165, 1.54) is 24.2 Å². The third kappa shape index (κ3) is 3.70. The number of hydrogen-bond acceptors (Lipinski definition) is 5. The Morgan fingerprint density at radius 2 is 1.96 bits per heavy atom. The molecule has 144 valence electrons. The van der Waals surface area contributed by atoms with Gasteiger partial charge in [-0.05, 0) is 57.9 Å². The second kappa shape index (κ2) is 7.19. The second-order valence-corrected chi connectivity index (χ2v) is 8.87. The SMILES string of the molecule is Cc1nc(C)c2c(C)c(C(=O)N3CCCC(C(=O)NCC4CC4)C3)sc2n1. The van der Waals surface area contributed by atoms with Crippen LogP contribution in [0, 0.1) is 32.6 Å². The minimum atomic E-state index is -0.0973. The Morgan fingerprint density at radius 3 is 2.70 bits per heavy atom. The van der Waals surface area contributed by atoms with Crippen LogP contribution in [0.5, 0.6) is 0 Å². The van der Waals surface area contributed by atoms with Crippen LogP contribution in [0.2, 0.25) is 0 Å². The highest BCUT2D eigenvalue weighted by molar-refractivity contribution is 7.20. The molecule has 1 saturated carbocycles. The average molecular weight is 387 g/mol. The van der Waals surface area contributed by atoms with E-state index in [9.17, 15) is 9.59 Å². The van der Waals surface area contributed by atoms with Gasteiger partial charge in [-0.2, -0.15) is 0 Å². The number of carbonyl (C=O) groups is 2. The molecular weight excluding hydrogens is 360 g/mol. The van der Waals surface area contributed by atoms with Crippen molar-refractivity contribution >= 4 is 33.4 Å². The zero-order chi connectivity index (χ0) is 19.1. The van der Waals surface area contributed by atoms with Crippen LogP contribution in [-0.2, 0) is 4.79 Å². The number of aromatic nitrogens is 2. The maximum Gasteiger partial charge on any atom is 0.264 e. The lowest BCUT2D eigenvalue weighted by Gasteiger charge is -2.32. The number of nitrogens with zero attached hydrogens (tertiary/aromatic N) is 3. The van der Waals surface area contributed by atoms with Crippen LogP contribution in [0.15, 0.2) is 0 Å². The zero-order valence-corrected chi connectivity index (χ0v) is 17.0. The van der Waals surface area contributed by atoms with Crippen LogP contribution >= 0.6 is 11.3 Å². The number of amides is 2. The van der Waals surface area contributed by atoms with Crippen molar-refractivity contribution in [1.29, 1.82) is 0 Å². The average Bonchev–Trinajstić information content (AvgIpc) is 3.41. The number of aryl methyl sites for hydroxylation is 3. The predicted octanol–water partition coefficient (Wildman–Crippen LogP) is 2.99. The molecule has 1 atom stereocenters. The molecule has 6 nitrogen and oxygen atoms in total. The Balaban J connectivity index is 1.51. The van der Waals surface area contributed by atoms with E-state index in [2.05, 4.69) is 15.3 Å². The maximum atomic E-state index is 13.2. The minimum Gasteiger partial charge on any atom is -0.356 e. The summed E-state index contributed by atoms with van der Waals surface area (Å²) in [6, 6.07) is 0. The first-order valence-electron chi connectivity index (χ1n) is 9.75. The summed E-state index contributed by atoms with van der Waals surface area (Å²) in [5.74, 6) is 1.42. The van der Waals surface area contributed by atoms with Crippen LogP contribution in [0.25, 0.3) is 10.2 Å². The van der Waals surface area contributed by atoms with E-state index in [-0.39, 0.29) is 17.7 Å². The van der Waals surface area contributed by atoms with Gasteiger partial charge in [-0.3, -0.25) is 9.59 Å². The van der Waals surface area contributed by atoms with Crippen LogP contribution in [-0.4, -0.2) is 46.3 Å². The molecule has 2 amide bonds. The Morgan fingerprint density at radius 1 is 1.19 bits per heavy atom. The maximum absolute atomic E-state index is 13.2. The number of piperidine rings is 1. The van der Waals surface area contributed by atoms with Crippen molar-refractivity contribution in [3.8, 4) is 0 Å². The van der Waals surface area contributed by atoms with Crippen molar-refractivity contribution in [2.24, 2.45) is 11.8 Å². The van der Waals surface area contributed by atoms with Crippen LogP contribution in [0.4, 0.5) is 0 Å². The fraction of sp³-hybridized carbons (Fsp3) is 0.600. The third-order valence-electron chi connectivity index (χ3n) is 5.62. The molecule has 1 unspecified atom stereocenters. The molecule has 0 radical (unpaired) electrons. The summed E-state index contributed by atoms with van der Waals surface area (Å²) in [6.07, 6.45) is 4.18. The lowest BCUT2D eigenvalue weighted by molar-refractivity contribution is -0.126. The summed E-state index contributed by atoms with van der Waals surface area (Å²) in [5.41, 5.74) is 1.87. The third-order valence-corrected chi connectivity index (χ3v) is 6.79. The monoisotopic (exact) mass is 386 g/mol. The van der Waals surface area contributed by atoms with Crippen molar-refractivity contribution in [3.63, 3.8) is 0 Å². The van der Waals surface area contributed by atoms with E-state index in [0.29, 0.717) is 19.0 Å².